The van der Waals surface area contributed by atoms with Crippen molar-refractivity contribution in [2.75, 3.05) is 0 Å². The number of nitrogens with zero attached hydrogens (tertiary/aromatic N) is 2. The molecule has 0 bridgehead atoms. The van der Waals surface area contributed by atoms with E-state index in [0.717, 1.165) is 17.5 Å². The van der Waals surface area contributed by atoms with E-state index in [4.69, 9.17) is 11.6 Å². The number of amides is 1. The normalized spacial score (nSPS) is 14.0. The topological polar surface area (TPSA) is 114 Å². The highest BCUT2D eigenvalue weighted by Gasteiger charge is 2.39. The minimum absolute atomic E-state index is 0.0598. The molecule has 1 amide bonds. The van der Waals surface area contributed by atoms with Gasteiger partial charge in [0.2, 0.25) is 10.0 Å². The van der Waals surface area contributed by atoms with E-state index >= 15 is 0 Å². The summed E-state index contributed by atoms with van der Waals surface area (Å²) in [5, 5.41) is 0.0116. The van der Waals surface area contributed by atoms with Crippen LogP contribution >= 0.6 is 11.6 Å². The van der Waals surface area contributed by atoms with Gasteiger partial charge < -0.3 is 9.55 Å². The van der Waals surface area contributed by atoms with Crippen LogP contribution in [0.15, 0.2) is 71.7 Å². The molecule has 2 N–H and O–H groups in total. The van der Waals surface area contributed by atoms with Crippen LogP contribution in [0.3, 0.4) is 0 Å². The maximum absolute atomic E-state index is 13.8. The lowest BCUT2D eigenvalue weighted by atomic mass is 10.0. The van der Waals surface area contributed by atoms with E-state index in [1.807, 2.05) is 0 Å². The third-order valence-electron chi connectivity index (χ3n) is 6.97. The smallest absolute Gasteiger partial charge is 0.331 e. The van der Waals surface area contributed by atoms with Gasteiger partial charge >= 0.3 is 6.18 Å². The number of fused-ring (bicyclic) bond motifs is 2. The number of hydrogen-bond donors (Lipinski definition) is 2. The Morgan fingerprint density at radius 2 is 1.85 bits per heavy atom. The number of rotatable bonds is 6. The zero-order valence-electron chi connectivity index (χ0n) is 21.0. The molecule has 6 rings (SSSR count). The number of alkyl halides is 3. The largest absolute Gasteiger partial charge is 0.416 e. The molecule has 41 heavy (non-hydrogen) atoms. The van der Waals surface area contributed by atoms with Crippen molar-refractivity contribution < 1.29 is 26.4 Å². The number of benzene rings is 2. The summed E-state index contributed by atoms with van der Waals surface area (Å²) in [7, 11) is -4.06. The molecule has 210 valence electrons. The number of carbonyl (C=O) groups excluding carboxylic acids is 1. The Morgan fingerprint density at radius 3 is 2.56 bits per heavy atom. The first-order chi connectivity index (χ1) is 19.4. The van der Waals surface area contributed by atoms with Crippen molar-refractivity contribution in [3.05, 3.63) is 99.2 Å². The summed E-state index contributed by atoms with van der Waals surface area (Å²) in [6, 6.07) is 14.6. The number of aromatic nitrogens is 3. The number of carbonyl (C=O) groups is 1. The Hall–Kier alpha value is -4.16. The van der Waals surface area contributed by atoms with Crippen molar-refractivity contribution in [3.63, 3.8) is 0 Å². The number of halogens is 4. The number of nitrogens with one attached hydrogen (secondary N) is 2. The highest BCUT2D eigenvalue weighted by Crippen LogP contribution is 2.39. The van der Waals surface area contributed by atoms with Crippen LogP contribution in [0.2, 0.25) is 5.15 Å². The van der Waals surface area contributed by atoms with Crippen molar-refractivity contribution >= 4 is 49.3 Å². The zero-order chi connectivity index (χ0) is 29.1. The van der Waals surface area contributed by atoms with Gasteiger partial charge in [-0.3, -0.25) is 9.59 Å². The number of sulfonamides is 1. The number of aromatic amines is 1. The van der Waals surface area contributed by atoms with Crippen molar-refractivity contribution in [3.8, 4) is 11.1 Å². The van der Waals surface area contributed by atoms with Crippen LogP contribution in [0.5, 0.6) is 0 Å². The fourth-order valence-corrected chi connectivity index (χ4v) is 6.36. The van der Waals surface area contributed by atoms with Crippen LogP contribution in [-0.4, -0.2) is 34.1 Å². The van der Waals surface area contributed by atoms with Gasteiger partial charge in [-0.1, -0.05) is 29.8 Å². The van der Waals surface area contributed by atoms with Gasteiger partial charge in [0.25, 0.3) is 11.5 Å². The molecular weight excluding hydrogens is 581 g/mol. The first-order valence-corrected chi connectivity index (χ1v) is 14.4. The third kappa shape index (κ3) is 4.97. The molecule has 8 nitrogen and oxygen atoms in total. The Balaban J connectivity index is 1.65. The Morgan fingerprint density at radius 1 is 1.10 bits per heavy atom. The maximum Gasteiger partial charge on any atom is 0.416 e. The molecule has 0 atom stereocenters. The molecule has 1 aliphatic rings. The molecule has 0 spiro atoms. The van der Waals surface area contributed by atoms with E-state index in [-0.39, 0.29) is 39.4 Å². The summed E-state index contributed by atoms with van der Waals surface area (Å²) < 4.78 is 70.4. The number of para-hydroxylation sites is 1. The highest BCUT2D eigenvalue weighted by atomic mass is 35.5. The van der Waals surface area contributed by atoms with Crippen LogP contribution in [0.4, 0.5) is 13.2 Å². The summed E-state index contributed by atoms with van der Waals surface area (Å²) >= 11 is 6.50. The molecule has 3 heterocycles. The molecule has 1 saturated carbocycles. The van der Waals surface area contributed by atoms with Crippen LogP contribution in [0, 0.1) is 0 Å². The molecule has 2 aromatic carbocycles. The van der Waals surface area contributed by atoms with Gasteiger partial charge in [-0.05, 0) is 55.3 Å². The maximum atomic E-state index is 13.8. The first-order valence-electron chi connectivity index (χ1n) is 12.5. The quantitative estimate of drug-likeness (QED) is 0.250. The average molecular weight is 601 g/mol. The Bertz CT molecular complexity index is 2030. The number of pyridine rings is 2. The first kappa shape index (κ1) is 27.0. The monoisotopic (exact) mass is 600 g/mol. The van der Waals surface area contributed by atoms with Crippen LogP contribution in [0.25, 0.3) is 32.9 Å². The Labute approximate surface area is 235 Å². The van der Waals surface area contributed by atoms with Gasteiger partial charge in [0, 0.05) is 39.2 Å². The van der Waals surface area contributed by atoms with Crippen LogP contribution in [-0.2, 0) is 22.7 Å². The fraction of sp³-hybridized carbons (Fsp3) is 0.179. The highest BCUT2D eigenvalue weighted by molar-refractivity contribution is 7.91. The molecule has 5 aromatic rings. The zero-order valence-corrected chi connectivity index (χ0v) is 22.6. The minimum Gasteiger partial charge on any atom is -0.331 e. The van der Waals surface area contributed by atoms with Crippen molar-refractivity contribution in [1.29, 1.82) is 0 Å². The van der Waals surface area contributed by atoms with E-state index < -0.39 is 38.5 Å². The van der Waals surface area contributed by atoms with E-state index in [9.17, 15) is 31.2 Å². The van der Waals surface area contributed by atoms with Crippen LogP contribution < -0.4 is 10.3 Å². The lowest BCUT2D eigenvalue weighted by molar-refractivity contribution is -0.137. The minimum atomic E-state index is -4.72. The molecule has 0 aliphatic heterocycles. The second-order valence-corrected chi connectivity index (χ2v) is 12.1. The van der Waals surface area contributed by atoms with Gasteiger partial charge in [-0.25, -0.2) is 18.1 Å². The van der Waals surface area contributed by atoms with Gasteiger partial charge in [0.1, 0.15) is 10.8 Å². The molecular formula is C28H20ClF3N4O4S. The average Bonchev–Trinajstić information content (AvgIpc) is 3.73. The number of hydrogen-bond acceptors (Lipinski definition) is 5. The summed E-state index contributed by atoms with van der Waals surface area (Å²) in [5.74, 6) is -1.08. The summed E-state index contributed by atoms with van der Waals surface area (Å²) in [6.07, 6.45) is -2.63. The molecule has 0 unspecified atom stereocenters. The fourth-order valence-electron chi connectivity index (χ4n) is 4.88. The molecule has 13 heteroatoms. The van der Waals surface area contributed by atoms with Crippen LogP contribution in [0.1, 0.15) is 34.5 Å². The van der Waals surface area contributed by atoms with E-state index in [0.29, 0.717) is 23.9 Å². The van der Waals surface area contributed by atoms with Gasteiger partial charge in [0.15, 0.2) is 0 Å². The van der Waals surface area contributed by atoms with Gasteiger partial charge in [-0.15, -0.1) is 0 Å². The van der Waals surface area contributed by atoms with E-state index in [2.05, 4.69) is 14.7 Å². The predicted molar refractivity (Wildman–Crippen MR) is 148 cm³/mol. The van der Waals surface area contributed by atoms with Gasteiger partial charge in [-0.2, -0.15) is 13.2 Å². The molecule has 0 saturated heterocycles. The molecule has 0 radical (unpaired) electrons. The Kier molecular flexibility index (Phi) is 6.42. The summed E-state index contributed by atoms with van der Waals surface area (Å²) in [4.78, 5) is 33.6. The lowest BCUT2D eigenvalue weighted by Gasteiger charge is -2.14. The third-order valence-corrected chi connectivity index (χ3v) is 9.12. The summed E-state index contributed by atoms with van der Waals surface area (Å²) in [6.45, 7) is -0.157. The second-order valence-electron chi connectivity index (χ2n) is 9.76. The second kappa shape index (κ2) is 9.74. The molecule has 1 fully saturated rings. The molecule has 3 aromatic heterocycles. The SMILES string of the molecule is O=C(NS(=O)(=O)C1CC1)c1c(-c2ccc[nH]c2=O)c2cc(C(F)(F)F)ccc2n1Cc1cc2ccccc2nc1Cl. The van der Waals surface area contributed by atoms with Gasteiger partial charge in [0.05, 0.1) is 22.9 Å². The van der Waals surface area contributed by atoms with E-state index in [1.54, 1.807) is 30.3 Å². The number of H-pyrrole nitrogens is 1. The van der Waals surface area contributed by atoms with Crippen molar-refractivity contribution in [1.82, 2.24) is 19.3 Å². The summed E-state index contributed by atoms with van der Waals surface area (Å²) in [5.41, 5.74) is -1.02. The predicted octanol–water partition coefficient (Wildman–Crippen LogP) is 5.49. The van der Waals surface area contributed by atoms with E-state index in [1.165, 1.54) is 29.0 Å². The lowest BCUT2D eigenvalue weighted by Crippen LogP contribution is -2.35. The van der Waals surface area contributed by atoms with Crippen molar-refractivity contribution in [2.45, 2.75) is 30.8 Å². The van der Waals surface area contributed by atoms with Crippen molar-refractivity contribution in [2.24, 2.45) is 0 Å². The standard InChI is InChI=1S/C28H20ClF3N4O4S/c29-25-16(12-15-4-1-2-6-21(15)34-25)14-36-22-10-7-17(28(30,31)32)13-20(22)23(19-5-3-11-33-26(19)37)24(36)27(38)35-41(39,40)18-8-9-18/h1-7,10-13,18H,8-9,14H2,(H,33,37)(H,35,38). The molecule has 1 aliphatic carbocycles.